The third-order valence-electron chi connectivity index (χ3n) is 6.58. The quantitative estimate of drug-likeness (QED) is 0.752. The molecule has 2 fully saturated rings. The van der Waals surface area contributed by atoms with E-state index in [4.69, 9.17) is 8.92 Å². The number of fused-ring (bicyclic) bond motifs is 5. The summed E-state index contributed by atoms with van der Waals surface area (Å²) in [5, 5.41) is 0. The van der Waals surface area contributed by atoms with Gasteiger partial charge in [-0.1, -0.05) is 6.07 Å². The fraction of sp³-hybridized carbons (Fsp3) is 0.650. The molecule has 0 N–H and O–H groups in total. The van der Waals surface area contributed by atoms with Crippen molar-refractivity contribution >= 4 is 15.9 Å². The first-order chi connectivity index (χ1) is 12.4. The molecule has 5 unspecified atom stereocenters. The molecule has 5 atom stereocenters. The van der Waals surface area contributed by atoms with Gasteiger partial charge in [0.15, 0.2) is 0 Å². The van der Waals surface area contributed by atoms with Crippen LogP contribution < -0.4 is 4.18 Å². The molecule has 0 aliphatic heterocycles. The summed E-state index contributed by atoms with van der Waals surface area (Å²) in [7, 11) is -1.84. The number of ketones is 1. The van der Waals surface area contributed by atoms with Gasteiger partial charge in [-0.3, -0.25) is 4.79 Å². The Labute approximate surface area is 155 Å². The standard InChI is InChI=1S/C20H26O5S/c1-24-11-12-9-19-15(5-6-17-16(19)7-8-20(17)21)14-4-3-13(10-18(12)14)25-26(2,22)23/h3-4,10,12,15-17,19H,5-9,11H2,1-2H3. The summed E-state index contributed by atoms with van der Waals surface area (Å²) in [4.78, 5) is 12.2. The number of benzene rings is 1. The van der Waals surface area contributed by atoms with Crippen molar-refractivity contribution in [1.82, 2.24) is 0 Å². The first-order valence-corrected chi connectivity index (χ1v) is 11.2. The second kappa shape index (κ2) is 6.64. The van der Waals surface area contributed by atoms with Crippen LogP contribution in [0.15, 0.2) is 18.2 Å². The normalized spacial score (nSPS) is 33.3. The molecule has 0 heterocycles. The zero-order valence-corrected chi connectivity index (χ0v) is 16.1. The largest absolute Gasteiger partial charge is 0.384 e. The van der Waals surface area contributed by atoms with Gasteiger partial charge in [0, 0.05) is 25.4 Å². The minimum Gasteiger partial charge on any atom is -0.384 e. The van der Waals surface area contributed by atoms with Gasteiger partial charge in [-0.25, -0.2) is 0 Å². The zero-order valence-electron chi connectivity index (χ0n) is 15.3. The molecular weight excluding hydrogens is 352 g/mol. The molecule has 26 heavy (non-hydrogen) atoms. The molecular formula is C20H26O5S. The van der Waals surface area contributed by atoms with Crippen LogP contribution in [-0.2, 0) is 19.6 Å². The molecule has 1 aromatic carbocycles. The fourth-order valence-corrected chi connectivity index (χ4v) is 6.16. The van der Waals surface area contributed by atoms with Crippen LogP contribution in [0, 0.1) is 17.8 Å². The van der Waals surface area contributed by atoms with Gasteiger partial charge in [0.2, 0.25) is 0 Å². The maximum atomic E-state index is 12.2. The van der Waals surface area contributed by atoms with Crippen molar-refractivity contribution in [2.75, 3.05) is 20.0 Å². The number of hydrogen-bond donors (Lipinski definition) is 0. The Morgan fingerprint density at radius 3 is 2.58 bits per heavy atom. The van der Waals surface area contributed by atoms with Gasteiger partial charge in [-0.05, 0) is 66.7 Å². The van der Waals surface area contributed by atoms with Crippen molar-refractivity contribution in [1.29, 1.82) is 0 Å². The van der Waals surface area contributed by atoms with E-state index in [9.17, 15) is 13.2 Å². The lowest BCUT2D eigenvalue weighted by atomic mass is 9.58. The molecule has 2 saturated carbocycles. The molecule has 0 amide bonds. The summed E-state index contributed by atoms with van der Waals surface area (Å²) in [6.07, 6.45) is 5.85. The van der Waals surface area contributed by atoms with Crippen molar-refractivity contribution in [3.05, 3.63) is 29.3 Å². The predicted octanol–water partition coefficient (Wildman–Crippen LogP) is 3.25. The average Bonchev–Trinajstić information content (AvgIpc) is 2.95. The number of Topliss-reactive ketones (excluding diaryl/α,β-unsaturated/α-hetero) is 1. The van der Waals surface area contributed by atoms with Crippen molar-refractivity contribution in [2.45, 2.75) is 43.9 Å². The molecule has 4 rings (SSSR count). The van der Waals surface area contributed by atoms with Crippen LogP contribution in [0.4, 0.5) is 0 Å². The Hall–Kier alpha value is -1.40. The molecule has 0 radical (unpaired) electrons. The molecule has 0 bridgehead atoms. The number of hydrogen-bond acceptors (Lipinski definition) is 5. The Balaban J connectivity index is 1.70. The minimum absolute atomic E-state index is 0.216. The number of ether oxygens (including phenoxy) is 1. The lowest BCUT2D eigenvalue weighted by molar-refractivity contribution is -0.122. The second-order valence-electron chi connectivity index (χ2n) is 8.09. The minimum atomic E-state index is -3.54. The number of carbonyl (C=O) groups excluding carboxylic acids is 1. The van der Waals surface area contributed by atoms with Crippen LogP contribution in [0.5, 0.6) is 5.75 Å². The van der Waals surface area contributed by atoms with E-state index in [1.807, 2.05) is 12.1 Å². The lowest BCUT2D eigenvalue weighted by Crippen LogP contribution is -2.37. The van der Waals surface area contributed by atoms with Gasteiger partial charge in [-0.15, -0.1) is 0 Å². The number of methoxy groups -OCH3 is 1. The highest BCUT2D eigenvalue weighted by molar-refractivity contribution is 7.86. The van der Waals surface area contributed by atoms with E-state index in [0.717, 1.165) is 43.9 Å². The van der Waals surface area contributed by atoms with E-state index in [2.05, 4.69) is 0 Å². The third kappa shape index (κ3) is 3.18. The summed E-state index contributed by atoms with van der Waals surface area (Å²) < 4.78 is 33.5. The van der Waals surface area contributed by atoms with Gasteiger partial charge in [0.25, 0.3) is 0 Å². The lowest BCUT2D eigenvalue weighted by Gasteiger charge is -2.46. The number of rotatable bonds is 4. The van der Waals surface area contributed by atoms with Gasteiger partial charge in [-0.2, -0.15) is 8.42 Å². The fourth-order valence-electron chi connectivity index (χ4n) is 5.70. The highest BCUT2D eigenvalue weighted by atomic mass is 32.2. The third-order valence-corrected chi connectivity index (χ3v) is 7.07. The molecule has 1 aromatic rings. The van der Waals surface area contributed by atoms with Gasteiger partial charge < -0.3 is 8.92 Å². The topological polar surface area (TPSA) is 69.7 Å². The molecule has 0 aromatic heterocycles. The average molecular weight is 378 g/mol. The van der Waals surface area contributed by atoms with Gasteiger partial charge in [0.1, 0.15) is 11.5 Å². The van der Waals surface area contributed by atoms with E-state index in [1.54, 1.807) is 13.2 Å². The van der Waals surface area contributed by atoms with Crippen LogP contribution in [0.25, 0.3) is 0 Å². The summed E-state index contributed by atoms with van der Waals surface area (Å²) >= 11 is 0. The van der Waals surface area contributed by atoms with Crippen molar-refractivity contribution in [3.8, 4) is 5.75 Å². The van der Waals surface area contributed by atoms with Gasteiger partial charge in [0.05, 0.1) is 12.9 Å². The molecule has 3 aliphatic carbocycles. The number of carbonyl (C=O) groups is 1. The summed E-state index contributed by atoms with van der Waals surface area (Å²) in [6.45, 7) is 0.601. The van der Waals surface area contributed by atoms with Crippen LogP contribution >= 0.6 is 0 Å². The molecule has 0 spiro atoms. The Bertz CT molecular complexity index is 815. The van der Waals surface area contributed by atoms with Crippen molar-refractivity contribution in [3.63, 3.8) is 0 Å². The van der Waals surface area contributed by atoms with Crippen molar-refractivity contribution < 1.29 is 22.1 Å². The smallest absolute Gasteiger partial charge is 0.306 e. The van der Waals surface area contributed by atoms with E-state index < -0.39 is 10.1 Å². The molecule has 6 heteroatoms. The monoisotopic (exact) mass is 378 g/mol. The summed E-state index contributed by atoms with van der Waals surface area (Å²) in [5.41, 5.74) is 2.44. The maximum Gasteiger partial charge on any atom is 0.306 e. The molecule has 3 aliphatic rings. The Kier molecular flexibility index (Phi) is 4.59. The molecule has 142 valence electrons. The summed E-state index contributed by atoms with van der Waals surface area (Å²) in [6, 6.07) is 5.67. The van der Waals surface area contributed by atoms with Gasteiger partial charge >= 0.3 is 10.1 Å². The second-order valence-corrected chi connectivity index (χ2v) is 9.66. The SMILES string of the molecule is COCC1CC2C(CCC3C(=O)CCC32)c2ccc(OS(C)(=O)=O)cc21. The van der Waals surface area contributed by atoms with E-state index in [1.165, 1.54) is 5.56 Å². The van der Waals surface area contributed by atoms with Crippen LogP contribution in [-0.4, -0.2) is 34.2 Å². The highest BCUT2D eigenvalue weighted by Crippen LogP contribution is 2.56. The Morgan fingerprint density at radius 2 is 1.85 bits per heavy atom. The van der Waals surface area contributed by atoms with Crippen LogP contribution in [0.1, 0.15) is 55.1 Å². The Morgan fingerprint density at radius 1 is 1.08 bits per heavy atom. The molecule has 5 nitrogen and oxygen atoms in total. The van der Waals surface area contributed by atoms with E-state index in [-0.39, 0.29) is 11.8 Å². The van der Waals surface area contributed by atoms with Crippen molar-refractivity contribution in [2.24, 2.45) is 17.8 Å². The highest BCUT2D eigenvalue weighted by Gasteiger charge is 2.49. The predicted molar refractivity (Wildman–Crippen MR) is 97.8 cm³/mol. The first kappa shape index (κ1) is 18.0. The van der Waals surface area contributed by atoms with E-state index >= 15 is 0 Å². The van der Waals surface area contributed by atoms with E-state index in [0.29, 0.717) is 35.9 Å². The zero-order chi connectivity index (χ0) is 18.5. The van der Waals surface area contributed by atoms with Crippen LogP contribution in [0.2, 0.25) is 0 Å². The maximum absolute atomic E-state index is 12.2. The molecule has 0 saturated heterocycles. The van der Waals surface area contributed by atoms with Crippen LogP contribution in [0.3, 0.4) is 0 Å². The first-order valence-electron chi connectivity index (χ1n) is 9.42. The summed E-state index contributed by atoms with van der Waals surface area (Å²) in [5.74, 6) is 2.78.